The maximum atomic E-state index is 11.6. The molecule has 2 amide bonds. The van der Waals surface area contributed by atoms with Crippen molar-refractivity contribution < 1.29 is 18.0 Å². The summed E-state index contributed by atoms with van der Waals surface area (Å²) in [5.74, 6) is -1.36. The fraction of sp³-hybridized carbons (Fsp3) is 0.429. The first-order valence-corrected chi connectivity index (χ1v) is 8.57. The lowest BCUT2D eigenvalue weighted by Crippen LogP contribution is -2.42. The van der Waals surface area contributed by atoms with Gasteiger partial charge in [-0.1, -0.05) is 12.1 Å². The van der Waals surface area contributed by atoms with Crippen molar-refractivity contribution in [3.63, 3.8) is 0 Å². The van der Waals surface area contributed by atoms with Crippen molar-refractivity contribution >= 4 is 21.8 Å². The Labute approximate surface area is 136 Å². The number of carbonyl (C=O) groups excluding carboxylic acids is 2. The molecule has 1 rings (SSSR count). The van der Waals surface area contributed by atoms with Gasteiger partial charge in [-0.25, -0.2) is 13.6 Å². The summed E-state index contributed by atoms with van der Waals surface area (Å²) in [4.78, 5) is 25.0. The largest absolute Gasteiger partial charge is 0.348 e. The van der Waals surface area contributed by atoms with Gasteiger partial charge in [-0.3, -0.25) is 9.59 Å². The van der Waals surface area contributed by atoms with E-state index in [2.05, 4.69) is 10.6 Å². The van der Waals surface area contributed by atoms with Crippen LogP contribution in [-0.4, -0.2) is 58.9 Å². The molecule has 0 saturated heterocycles. The second-order valence-electron chi connectivity index (χ2n) is 5.25. The highest BCUT2D eigenvalue weighted by Crippen LogP contribution is 2.08. The Bertz CT molecular complexity index is 641. The summed E-state index contributed by atoms with van der Waals surface area (Å²) in [6.45, 7) is 1.32. The van der Waals surface area contributed by atoms with E-state index >= 15 is 0 Å². The lowest BCUT2D eigenvalue weighted by atomic mass is 10.1. The molecule has 0 aliphatic carbocycles. The smallest absolute Gasteiger partial charge is 0.309 e. The highest BCUT2D eigenvalue weighted by molar-refractivity contribution is 7.89. The molecule has 4 N–H and O–H groups in total. The summed E-state index contributed by atoms with van der Waals surface area (Å²) in [5, 5.41) is 10.0. The van der Waals surface area contributed by atoms with Gasteiger partial charge in [-0.05, 0) is 38.2 Å². The number of carbonyl (C=O) groups is 2. The van der Waals surface area contributed by atoms with E-state index in [1.807, 2.05) is 19.0 Å². The first kappa shape index (κ1) is 19.1. The topological polar surface area (TPSA) is 122 Å². The van der Waals surface area contributed by atoms with E-state index in [-0.39, 0.29) is 11.4 Å². The number of primary sulfonamides is 1. The van der Waals surface area contributed by atoms with Crippen LogP contribution in [0.3, 0.4) is 0 Å². The van der Waals surface area contributed by atoms with Crippen molar-refractivity contribution in [3.8, 4) is 0 Å². The van der Waals surface area contributed by atoms with Gasteiger partial charge in [-0.15, -0.1) is 0 Å². The molecule has 9 heteroatoms. The quantitative estimate of drug-likeness (QED) is 0.530. The molecule has 0 aromatic heterocycles. The SMILES string of the molecule is CN(C)CCNC(=O)C(=O)NCCc1ccc(S(N)(=O)=O)cc1. The van der Waals surface area contributed by atoms with Gasteiger partial charge in [0.15, 0.2) is 0 Å². The van der Waals surface area contributed by atoms with Gasteiger partial charge in [0.2, 0.25) is 10.0 Å². The van der Waals surface area contributed by atoms with Crippen LogP contribution in [0.2, 0.25) is 0 Å². The molecule has 128 valence electrons. The number of sulfonamides is 1. The summed E-state index contributed by atoms with van der Waals surface area (Å²) in [5.41, 5.74) is 0.825. The minimum Gasteiger partial charge on any atom is -0.348 e. The monoisotopic (exact) mass is 342 g/mol. The summed E-state index contributed by atoms with van der Waals surface area (Å²) in [7, 11) is 0.0310. The Balaban J connectivity index is 2.36. The molecule has 1 aromatic rings. The van der Waals surface area contributed by atoms with E-state index in [1.165, 1.54) is 12.1 Å². The predicted molar refractivity (Wildman–Crippen MR) is 86.1 cm³/mol. The predicted octanol–water partition coefficient (Wildman–Crippen LogP) is -1.33. The first-order chi connectivity index (χ1) is 10.7. The zero-order valence-corrected chi connectivity index (χ0v) is 14.0. The Morgan fingerprint density at radius 2 is 1.57 bits per heavy atom. The van der Waals surface area contributed by atoms with E-state index in [0.29, 0.717) is 19.5 Å². The number of rotatable bonds is 7. The molecule has 0 heterocycles. The number of nitrogens with one attached hydrogen (secondary N) is 2. The van der Waals surface area contributed by atoms with E-state index in [1.54, 1.807) is 12.1 Å². The summed E-state index contributed by atoms with van der Waals surface area (Å²) < 4.78 is 22.2. The number of nitrogens with two attached hydrogens (primary N) is 1. The van der Waals surface area contributed by atoms with Gasteiger partial charge < -0.3 is 15.5 Å². The van der Waals surface area contributed by atoms with E-state index in [4.69, 9.17) is 5.14 Å². The van der Waals surface area contributed by atoms with E-state index in [0.717, 1.165) is 5.56 Å². The Morgan fingerprint density at radius 3 is 2.04 bits per heavy atom. The van der Waals surface area contributed by atoms with Gasteiger partial charge in [0, 0.05) is 19.6 Å². The normalized spacial score (nSPS) is 11.3. The molecular weight excluding hydrogens is 320 g/mol. The van der Waals surface area contributed by atoms with Crippen molar-refractivity contribution in [2.24, 2.45) is 5.14 Å². The molecular formula is C14H22N4O4S. The highest BCUT2D eigenvalue weighted by atomic mass is 32.2. The molecule has 0 radical (unpaired) electrons. The van der Waals surface area contributed by atoms with Gasteiger partial charge in [0.1, 0.15) is 0 Å². The van der Waals surface area contributed by atoms with E-state index in [9.17, 15) is 18.0 Å². The van der Waals surface area contributed by atoms with Gasteiger partial charge in [0.05, 0.1) is 4.90 Å². The van der Waals surface area contributed by atoms with Crippen LogP contribution in [-0.2, 0) is 26.0 Å². The molecule has 8 nitrogen and oxygen atoms in total. The second kappa shape index (κ2) is 8.61. The molecule has 0 spiro atoms. The van der Waals surface area contributed by atoms with Crippen LogP contribution < -0.4 is 15.8 Å². The minimum atomic E-state index is -3.71. The molecule has 1 aromatic carbocycles. The molecule has 0 fully saturated rings. The van der Waals surface area contributed by atoms with Crippen molar-refractivity contribution in [1.29, 1.82) is 0 Å². The first-order valence-electron chi connectivity index (χ1n) is 7.02. The average molecular weight is 342 g/mol. The fourth-order valence-electron chi connectivity index (χ4n) is 1.72. The Kier molecular flexibility index (Phi) is 7.14. The molecule has 23 heavy (non-hydrogen) atoms. The highest BCUT2D eigenvalue weighted by Gasteiger charge is 2.12. The van der Waals surface area contributed by atoms with Crippen LogP contribution in [0.25, 0.3) is 0 Å². The van der Waals surface area contributed by atoms with E-state index < -0.39 is 21.8 Å². The summed E-state index contributed by atoms with van der Waals surface area (Å²) >= 11 is 0. The summed E-state index contributed by atoms with van der Waals surface area (Å²) in [6, 6.07) is 6.03. The maximum absolute atomic E-state index is 11.6. The Morgan fingerprint density at radius 1 is 1.04 bits per heavy atom. The van der Waals surface area contributed by atoms with Crippen LogP contribution in [0.4, 0.5) is 0 Å². The molecule has 0 aliphatic heterocycles. The standard InChI is InChI=1S/C14H22N4O4S/c1-18(2)10-9-17-14(20)13(19)16-8-7-11-3-5-12(6-4-11)23(15,21)22/h3-6H,7-10H2,1-2H3,(H,16,19)(H,17,20)(H2,15,21,22). The molecule has 0 bridgehead atoms. The van der Waals surface area contributed by atoms with Crippen molar-refractivity contribution in [3.05, 3.63) is 29.8 Å². The number of hydrogen-bond acceptors (Lipinski definition) is 5. The van der Waals surface area contributed by atoms with Gasteiger partial charge >= 0.3 is 11.8 Å². The number of nitrogens with zero attached hydrogens (tertiary/aromatic N) is 1. The fourth-order valence-corrected chi connectivity index (χ4v) is 2.24. The summed E-state index contributed by atoms with van der Waals surface area (Å²) in [6.07, 6.45) is 0.474. The van der Waals surface area contributed by atoms with Gasteiger partial charge in [0.25, 0.3) is 0 Å². The van der Waals surface area contributed by atoms with Crippen LogP contribution in [0.15, 0.2) is 29.2 Å². The number of benzene rings is 1. The second-order valence-corrected chi connectivity index (χ2v) is 6.82. The number of likely N-dealkylation sites (N-methyl/N-ethyl adjacent to an activating group) is 1. The van der Waals surface area contributed by atoms with Crippen molar-refractivity contribution in [2.75, 3.05) is 33.7 Å². The number of hydrogen-bond donors (Lipinski definition) is 3. The maximum Gasteiger partial charge on any atom is 0.309 e. The third kappa shape index (κ3) is 7.22. The van der Waals surface area contributed by atoms with Crippen LogP contribution in [0.5, 0.6) is 0 Å². The lowest BCUT2D eigenvalue weighted by Gasteiger charge is -2.10. The van der Waals surface area contributed by atoms with Crippen molar-refractivity contribution in [2.45, 2.75) is 11.3 Å². The number of amides is 2. The zero-order chi connectivity index (χ0) is 17.5. The molecule has 0 aliphatic rings. The Hall–Kier alpha value is -1.97. The zero-order valence-electron chi connectivity index (χ0n) is 13.2. The van der Waals surface area contributed by atoms with Crippen LogP contribution in [0, 0.1) is 0 Å². The lowest BCUT2D eigenvalue weighted by molar-refractivity contribution is -0.139. The average Bonchev–Trinajstić information content (AvgIpc) is 2.46. The molecule has 0 unspecified atom stereocenters. The van der Waals surface area contributed by atoms with Crippen molar-refractivity contribution in [1.82, 2.24) is 15.5 Å². The molecule has 0 atom stereocenters. The third-order valence-electron chi connectivity index (χ3n) is 3.00. The third-order valence-corrected chi connectivity index (χ3v) is 3.93. The minimum absolute atomic E-state index is 0.0329. The van der Waals surface area contributed by atoms with Gasteiger partial charge in [-0.2, -0.15) is 0 Å². The van der Waals surface area contributed by atoms with Crippen LogP contribution in [0.1, 0.15) is 5.56 Å². The molecule has 0 saturated carbocycles. The van der Waals surface area contributed by atoms with Crippen LogP contribution >= 0.6 is 0 Å².